The summed E-state index contributed by atoms with van der Waals surface area (Å²) in [4.78, 5) is 12.6. The Morgan fingerprint density at radius 3 is 2.35 bits per heavy atom. The molecule has 134 valence electrons. The van der Waals surface area contributed by atoms with Gasteiger partial charge in [-0.05, 0) is 36.8 Å². The van der Waals surface area contributed by atoms with Crippen LogP contribution in [0.3, 0.4) is 0 Å². The number of hydrogen-bond acceptors (Lipinski definition) is 5. The summed E-state index contributed by atoms with van der Waals surface area (Å²) in [5.41, 5.74) is -1.20. The molecule has 0 spiro atoms. The van der Waals surface area contributed by atoms with Gasteiger partial charge < -0.3 is 4.74 Å². The Morgan fingerprint density at radius 1 is 1.19 bits per heavy atom. The van der Waals surface area contributed by atoms with E-state index in [4.69, 9.17) is 16.3 Å². The van der Waals surface area contributed by atoms with Crippen LogP contribution >= 0.6 is 11.6 Å². The molecule has 0 aromatic heterocycles. The number of carbonyl (C=O) groups is 1. The standard InChI is InChI=1S/C19H16ClNO4S/c1-2-25-18(22)19(12-21)16(13-8-10-14(20)11-9-13)17(19)26(23,24)15-6-4-3-5-7-15/h3-11,16-17H,2H2,1H3. The third kappa shape index (κ3) is 2.77. The second kappa shape index (κ2) is 6.75. The first kappa shape index (κ1) is 18.4. The van der Waals surface area contributed by atoms with Crippen LogP contribution in [-0.2, 0) is 19.4 Å². The average Bonchev–Trinajstić information content (AvgIpc) is 3.35. The van der Waals surface area contributed by atoms with Gasteiger partial charge in [0.25, 0.3) is 0 Å². The zero-order chi connectivity index (χ0) is 18.9. The fourth-order valence-corrected chi connectivity index (χ4v) is 5.71. The molecule has 7 heteroatoms. The molecule has 0 amide bonds. The van der Waals surface area contributed by atoms with E-state index in [-0.39, 0.29) is 11.5 Å². The first-order valence-electron chi connectivity index (χ1n) is 8.02. The molecular formula is C19H16ClNO4S. The lowest BCUT2D eigenvalue weighted by atomic mass is 10.0. The van der Waals surface area contributed by atoms with Crippen LogP contribution in [0.15, 0.2) is 59.5 Å². The highest BCUT2D eigenvalue weighted by Crippen LogP contribution is 2.64. The van der Waals surface area contributed by atoms with Gasteiger partial charge in [-0.15, -0.1) is 0 Å². The number of nitrogens with zero attached hydrogens (tertiary/aromatic N) is 1. The van der Waals surface area contributed by atoms with E-state index < -0.39 is 32.4 Å². The Bertz CT molecular complexity index is 967. The van der Waals surface area contributed by atoms with Crippen molar-refractivity contribution in [3.05, 3.63) is 65.2 Å². The molecule has 0 heterocycles. The molecule has 2 aromatic rings. The van der Waals surface area contributed by atoms with Crippen LogP contribution in [0.1, 0.15) is 18.4 Å². The highest BCUT2D eigenvalue weighted by atomic mass is 35.5. The molecule has 0 N–H and O–H groups in total. The normalized spacial score (nSPS) is 24.5. The summed E-state index contributed by atoms with van der Waals surface area (Å²) in [5, 5.41) is 9.06. The number of carbonyl (C=O) groups excluding carboxylic acids is 1. The summed E-state index contributed by atoms with van der Waals surface area (Å²) in [6.07, 6.45) is 0. The number of rotatable bonds is 5. The van der Waals surface area contributed by atoms with Crippen molar-refractivity contribution in [2.24, 2.45) is 5.41 Å². The van der Waals surface area contributed by atoms with Gasteiger partial charge in [-0.25, -0.2) is 8.42 Å². The lowest BCUT2D eigenvalue weighted by molar-refractivity contribution is -0.147. The molecule has 0 aliphatic heterocycles. The molecule has 3 rings (SSSR count). The van der Waals surface area contributed by atoms with Crippen LogP contribution in [0.25, 0.3) is 0 Å². The van der Waals surface area contributed by atoms with Crippen molar-refractivity contribution in [1.82, 2.24) is 0 Å². The summed E-state index contributed by atoms with van der Waals surface area (Å²) >= 11 is 5.90. The number of esters is 1. The predicted molar refractivity (Wildman–Crippen MR) is 96.3 cm³/mol. The van der Waals surface area contributed by atoms with E-state index in [0.717, 1.165) is 0 Å². The largest absolute Gasteiger partial charge is 0.465 e. The molecule has 1 aliphatic rings. The van der Waals surface area contributed by atoms with Crippen LogP contribution in [0.2, 0.25) is 5.02 Å². The number of hydrogen-bond donors (Lipinski definition) is 0. The highest BCUT2D eigenvalue weighted by Gasteiger charge is 2.77. The van der Waals surface area contributed by atoms with E-state index in [2.05, 4.69) is 0 Å². The number of sulfone groups is 1. The molecule has 0 saturated heterocycles. The molecule has 26 heavy (non-hydrogen) atoms. The molecule has 1 saturated carbocycles. The fourth-order valence-electron chi connectivity index (χ4n) is 3.32. The summed E-state index contributed by atoms with van der Waals surface area (Å²) < 4.78 is 31.3. The van der Waals surface area contributed by atoms with E-state index in [0.29, 0.717) is 10.6 Å². The van der Waals surface area contributed by atoms with Crippen molar-refractivity contribution >= 4 is 27.4 Å². The van der Waals surface area contributed by atoms with Gasteiger partial charge in [-0.2, -0.15) is 5.26 Å². The van der Waals surface area contributed by atoms with E-state index in [1.165, 1.54) is 12.1 Å². The van der Waals surface area contributed by atoms with Gasteiger partial charge in [0.15, 0.2) is 15.3 Å². The van der Waals surface area contributed by atoms with Gasteiger partial charge in [0, 0.05) is 10.9 Å². The minimum absolute atomic E-state index is 0.0632. The maximum Gasteiger partial charge on any atom is 0.328 e. The second-order valence-electron chi connectivity index (χ2n) is 6.01. The van der Waals surface area contributed by atoms with Gasteiger partial charge in [-0.3, -0.25) is 4.79 Å². The van der Waals surface area contributed by atoms with Crippen LogP contribution in [-0.4, -0.2) is 26.2 Å². The molecule has 3 atom stereocenters. The smallest absolute Gasteiger partial charge is 0.328 e. The Balaban J connectivity index is 2.13. The van der Waals surface area contributed by atoms with Gasteiger partial charge in [-0.1, -0.05) is 41.9 Å². The second-order valence-corrected chi connectivity index (χ2v) is 8.51. The van der Waals surface area contributed by atoms with Gasteiger partial charge in [0.2, 0.25) is 0 Å². The Hall–Kier alpha value is -2.36. The third-order valence-corrected chi connectivity index (χ3v) is 7.06. The molecule has 2 aromatic carbocycles. The van der Waals surface area contributed by atoms with E-state index in [1.807, 2.05) is 6.07 Å². The van der Waals surface area contributed by atoms with Crippen LogP contribution < -0.4 is 0 Å². The number of ether oxygens (including phenoxy) is 1. The molecule has 0 radical (unpaired) electrons. The SMILES string of the molecule is CCOC(=O)C1(C#N)C(c2ccc(Cl)cc2)C1S(=O)(=O)c1ccccc1. The monoisotopic (exact) mass is 389 g/mol. The van der Waals surface area contributed by atoms with Crippen molar-refractivity contribution in [1.29, 1.82) is 5.26 Å². The van der Waals surface area contributed by atoms with Gasteiger partial charge in [0.05, 0.1) is 17.6 Å². The third-order valence-electron chi connectivity index (χ3n) is 4.57. The van der Waals surface area contributed by atoms with Crippen molar-refractivity contribution in [3.63, 3.8) is 0 Å². The van der Waals surface area contributed by atoms with E-state index >= 15 is 0 Å². The zero-order valence-corrected chi connectivity index (χ0v) is 15.5. The number of halogens is 1. The summed E-state index contributed by atoms with van der Waals surface area (Å²) in [5.74, 6) is -1.62. The molecule has 1 fully saturated rings. The van der Waals surface area contributed by atoms with Crippen molar-refractivity contribution in [2.75, 3.05) is 6.61 Å². The molecular weight excluding hydrogens is 374 g/mol. The first-order valence-corrected chi connectivity index (χ1v) is 9.95. The number of nitriles is 1. The lowest BCUT2D eigenvalue weighted by Gasteiger charge is -2.09. The van der Waals surface area contributed by atoms with Gasteiger partial charge >= 0.3 is 5.97 Å². The highest BCUT2D eigenvalue weighted by molar-refractivity contribution is 7.92. The first-order chi connectivity index (χ1) is 12.4. The Labute approximate surface area is 157 Å². The van der Waals surface area contributed by atoms with Crippen molar-refractivity contribution in [2.45, 2.75) is 23.0 Å². The summed E-state index contributed by atoms with van der Waals surface area (Å²) in [6.45, 7) is 1.68. The predicted octanol–water partition coefficient (Wildman–Crippen LogP) is 3.35. The number of benzene rings is 2. The van der Waals surface area contributed by atoms with Crippen LogP contribution in [0, 0.1) is 16.7 Å². The molecule has 0 bridgehead atoms. The average molecular weight is 390 g/mol. The zero-order valence-electron chi connectivity index (χ0n) is 13.9. The van der Waals surface area contributed by atoms with Crippen LogP contribution in [0.4, 0.5) is 0 Å². The minimum Gasteiger partial charge on any atom is -0.465 e. The van der Waals surface area contributed by atoms with E-state index in [9.17, 15) is 18.5 Å². The topological polar surface area (TPSA) is 84.2 Å². The van der Waals surface area contributed by atoms with Crippen molar-refractivity contribution in [3.8, 4) is 6.07 Å². The van der Waals surface area contributed by atoms with Crippen molar-refractivity contribution < 1.29 is 17.9 Å². The summed E-state index contributed by atoms with van der Waals surface area (Å²) in [7, 11) is -3.91. The summed E-state index contributed by atoms with van der Waals surface area (Å²) in [6, 6.07) is 16.2. The van der Waals surface area contributed by atoms with E-state index in [1.54, 1.807) is 49.4 Å². The Kier molecular flexibility index (Phi) is 4.78. The molecule has 3 unspecified atom stereocenters. The van der Waals surface area contributed by atoms with Gasteiger partial charge in [0.1, 0.15) is 5.25 Å². The van der Waals surface area contributed by atoms with Crippen LogP contribution in [0.5, 0.6) is 0 Å². The minimum atomic E-state index is -3.91. The lowest BCUT2D eigenvalue weighted by Crippen LogP contribution is -2.25. The fraction of sp³-hybridized carbons (Fsp3) is 0.263. The maximum atomic E-state index is 13.1. The molecule has 1 aliphatic carbocycles. The quantitative estimate of drug-likeness (QED) is 0.732. The Morgan fingerprint density at radius 2 is 1.81 bits per heavy atom. The maximum absolute atomic E-state index is 13.1. The molecule has 5 nitrogen and oxygen atoms in total.